The molecule has 26 heavy (non-hydrogen) atoms. The summed E-state index contributed by atoms with van der Waals surface area (Å²) in [5.74, 6) is 2.75. The molecule has 1 amide bonds. The minimum Gasteiger partial charge on any atom is -0.490 e. The molecule has 0 fully saturated rings. The highest BCUT2D eigenvalue weighted by Gasteiger charge is 2.14. The predicted molar refractivity (Wildman–Crippen MR) is 95.5 cm³/mol. The maximum atomic E-state index is 12.1. The molecule has 0 bridgehead atoms. The Hall–Kier alpha value is -3.09. The molecule has 0 saturated carbocycles. The second-order valence-electron chi connectivity index (χ2n) is 5.38. The van der Waals surface area contributed by atoms with Gasteiger partial charge in [0.15, 0.2) is 29.6 Å². The molecular formula is C19H21NO6. The SMILES string of the molecule is CCOc1ccc(NC(=O)COc2ccc3c(c2)OCO3)cc1OCC. The van der Waals surface area contributed by atoms with Crippen molar-refractivity contribution in [3.05, 3.63) is 36.4 Å². The molecule has 0 aromatic heterocycles. The Morgan fingerprint density at radius 3 is 2.54 bits per heavy atom. The van der Waals surface area contributed by atoms with E-state index in [-0.39, 0.29) is 19.3 Å². The van der Waals surface area contributed by atoms with Gasteiger partial charge in [0.1, 0.15) is 5.75 Å². The molecule has 1 N–H and O–H groups in total. The van der Waals surface area contributed by atoms with Crippen LogP contribution in [0.3, 0.4) is 0 Å². The predicted octanol–water partition coefficient (Wildman–Crippen LogP) is 3.23. The smallest absolute Gasteiger partial charge is 0.262 e. The van der Waals surface area contributed by atoms with Crippen molar-refractivity contribution in [3.8, 4) is 28.7 Å². The lowest BCUT2D eigenvalue weighted by molar-refractivity contribution is -0.118. The first kappa shape index (κ1) is 17.7. The molecule has 2 aromatic rings. The van der Waals surface area contributed by atoms with Gasteiger partial charge in [0, 0.05) is 17.8 Å². The van der Waals surface area contributed by atoms with Crippen molar-refractivity contribution in [1.82, 2.24) is 0 Å². The molecule has 0 saturated heterocycles. The van der Waals surface area contributed by atoms with Crippen LogP contribution < -0.4 is 29.0 Å². The topological polar surface area (TPSA) is 75.3 Å². The van der Waals surface area contributed by atoms with Gasteiger partial charge in [0.2, 0.25) is 6.79 Å². The van der Waals surface area contributed by atoms with E-state index >= 15 is 0 Å². The molecule has 1 aliphatic heterocycles. The first-order chi connectivity index (χ1) is 12.7. The van der Waals surface area contributed by atoms with E-state index in [0.29, 0.717) is 47.6 Å². The summed E-state index contributed by atoms with van der Waals surface area (Å²) < 4.78 is 27.1. The number of carbonyl (C=O) groups excluding carboxylic acids is 1. The van der Waals surface area contributed by atoms with Gasteiger partial charge in [-0.05, 0) is 38.1 Å². The minimum atomic E-state index is -0.283. The lowest BCUT2D eigenvalue weighted by Gasteiger charge is -2.13. The van der Waals surface area contributed by atoms with Gasteiger partial charge in [-0.1, -0.05) is 0 Å². The normalized spacial score (nSPS) is 11.8. The van der Waals surface area contributed by atoms with Crippen LogP contribution in [0.25, 0.3) is 0 Å². The van der Waals surface area contributed by atoms with Gasteiger partial charge in [0.25, 0.3) is 5.91 Å². The molecule has 7 heteroatoms. The van der Waals surface area contributed by atoms with Crippen LogP contribution in [0.5, 0.6) is 28.7 Å². The number of ether oxygens (including phenoxy) is 5. The number of fused-ring (bicyclic) bond motifs is 1. The van der Waals surface area contributed by atoms with Crippen LogP contribution in [0.2, 0.25) is 0 Å². The third-order valence-corrected chi connectivity index (χ3v) is 3.54. The van der Waals surface area contributed by atoms with Gasteiger partial charge in [0.05, 0.1) is 13.2 Å². The van der Waals surface area contributed by atoms with Crippen LogP contribution >= 0.6 is 0 Å². The fourth-order valence-corrected chi connectivity index (χ4v) is 2.44. The molecule has 0 unspecified atom stereocenters. The van der Waals surface area contributed by atoms with Crippen LogP contribution in [0.15, 0.2) is 36.4 Å². The van der Waals surface area contributed by atoms with E-state index in [4.69, 9.17) is 23.7 Å². The number of anilines is 1. The number of hydrogen-bond acceptors (Lipinski definition) is 6. The molecule has 1 heterocycles. The van der Waals surface area contributed by atoms with Crippen molar-refractivity contribution in [2.24, 2.45) is 0 Å². The number of benzene rings is 2. The fraction of sp³-hybridized carbons (Fsp3) is 0.316. The van der Waals surface area contributed by atoms with Crippen molar-refractivity contribution in [2.75, 3.05) is 31.9 Å². The first-order valence-corrected chi connectivity index (χ1v) is 8.41. The molecule has 0 spiro atoms. The van der Waals surface area contributed by atoms with Crippen LogP contribution in [0.4, 0.5) is 5.69 Å². The van der Waals surface area contributed by atoms with E-state index < -0.39 is 0 Å². The summed E-state index contributed by atoms with van der Waals surface area (Å²) in [5, 5.41) is 2.78. The summed E-state index contributed by atoms with van der Waals surface area (Å²) in [4.78, 5) is 12.1. The van der Waals surface area contributed by atoms with Crippen molar-refractivity contribution < 1.29 is 28.5 Å². The van der Waals surface area contributed by atoms with Gasteiger partial charge in [-0.3, -0.25) is 4.79 Å². The summed E-state index contributed by atoms with van der Waals surface area (Å²) >= 11 is 0. The first-order valence-electron chi connectivity index (χ1n) is 8.41. The highest BCUT2D eigenvalue weighted by atomic mass is 16.7. The average Bonchev–Trinajstić information content (AvgIpc) is 3.10. The highest BCUT2D eigenvalue weighted by molar-refractivity contribution is 5.92. The Morgan fingerprint density at radius 1 is 0.962 bits per heavy atom. The Kier molecular flexibility index (Phi) is 5.68. The zero-order chi connectivity index (χ0) is 18.4. The Balaban J connectivity index is 1.58. The van der Waals surface area contributed by atoms with E-state index in [1.165, 1.54) is 0 Å². The summed E-state index contributed by atoms with van der Waals surface area (Å²) in [6.07, 6.45) is 0. The monoisotopic (exact) mass is 359 g/mol. The van der Waals surface area contributed by atoms with Crippen LogP contribution in [0, 0.1) is 0 Å². The van der Waals surface area contributed by atoms with Crippen molar-refractivity contribution >= 4 is 11.6 Å². The third kappa shape index (κ3) is 4.30. The Morgan fingerprint density at radius 2 is 1.73 bits per heavy atom. The maximum Gasteiger partial charge on any atom is 0.262 e. The van der Waals surface area contributed by atoms with E-state index in [1.807, 2.05) is 13.8 Å². The molecule has 0 aliphatic carbocycles. The van der Waals surface area contributed by atoms with Gasteiger partial charge in [-0.2, -0.15) is 0 Å². The average molecular weight is 359 g/mol. The standard InChI is InChI=1S/C19H21NO6/c1-3-22-15-7-5-13(9-17(15)23-4-2)20-19(21)11-24-14-6-8-16-18(10-14)26-12-25-16/h5-10H,3-4,11-12H2,1-2H3,(H,20,21). The maximum absolute atomic E-state index is 12.1. The van der Waals surface area contributed by atoms with E-state index in [2.05, 4.69) is 5.32 Å². The van der Waals surface area contributed by atoms with Crippen LogP contribution in [0.1, 0.15) is 13.8 Å². The third-order valence-electron chi connectivity index (χ3n) is 3.54. The molecular weight excluding hydrogens is 338 g/mol. The van der Waals surface area contributed by atoms with Gasteiger partial charge in [-0.15, -0.1) is 0 Å². The second-order valence-corrected chi connectivity index (χ2v) is 5.38. The number of carbonyl (C=O) groups is 1. The van der Waals surface area contributed by atoms with Crippen molar-refractivity contribution in [1.29, 1.82) is 0 Å². The summed E-state index contributed by atoms with van der Waals surface area (Å²) in [7, 11) is 0. The summed E-state index contributed by atoms with van der Waals surface area (Å²) in [6.45, 7) is 4.90. The highest BCUT2D eigenvalue weighted by Crippen LogP contribution is 2.35. The summed E-state index contributed by atoms with van der Waals surface area (Å²) in [5.41, 5.74) is 0.608. The van der Waals surface area contributed by atoms with E-state index in [0.717, 1.165) is 0 Å². The number of rotatable bonds is 8. The second kappa shape index (κ2) is 8.33. The number of nitrogens with one attached hydrogen (secondary N) is 1. The number of amides is 1. The van der Waals surface area contributed by atoms with Crippen molar-refractivity contribution in [2.45, 2.75) is 13.8 Å². The van der Waals surface area contributed by atoms with Crippen LogP contribution in [-0.4, -0.2) is 32.5 Å². The van der Waals surface area contributed by atoms with Crippen LogP contribution in [-0.2, 0) is 4.79 Å². The molecule has 0 radical (unpaired) electrons. The quantitative estimate of drug-likeness (QED) is 0.780. The molecule has 0 atom stereocenters. The van der Waals surface area contributed by atoms with E-state index in [9.17, 15) is 4.79 Å². The molecule has 138 valence electrons. The van der Waals surface area contributed by atoms with Gasteiger partial charge in [-0.25, -0.2) is 0 Å². The molecule has 3 rings (SSSR count). The molecule has 1 aliphatic rings. The Bertz CT molecular complexity index is 777. The van der Waals surface area contributed by atoms with Gasteiger partial charge < -0.3 is 29.0 Å². The zero-order valence-corrected chi connectivity index (χ0v) is 14.7. The van der Waals surface area contributed by atoms with Crippen molar-refractivity contribution in [3.63, 3.8) is 0 Å². The lowest BCUT2D eigenvalue weighted by Crippen LogP contribution is -2.20. The fourth-order valence-electron chi connectivity index (χ4n) is 2.44. The molecule has 2 aromatic carbocycles. The summed E-state index contributed by atoms with van der Waals surface area (Å²) in [6, 6.07) is 10.4. The minimum absolute atomic E-state index is 0.128. The largest absolute Gasteiger partial charge is 0.490 e. The van der Waals surface area contributed by atoms with Gasteiger partial charge >= 0.3 is 0 Å². The molecule has 7 nitrogen and oxygen atoms in total. The Labute approximate surface area is 151 Å². The number of hydrogen-bond donors (Lipinski definition) is 1. The zero-order valence-electron chi connectivity index (χ0n) is 14.7. The van der Waals surface area contributed by atoms with E-state index in [1.54, 1.807) is 36.4 Å². The lowest BCUT2D eigenvalue weighted by atomic mass is 10.2.